The quantitative estimate of drug-likeness (QED) is 0.895. The van der Waals surface area contributed by atoms with Crippen molar-refractivity contribution >= 4 is 0 Å². The van der Waals surface area contributed by atoms with Crippen molar-refractivity contribution in [2.24, 2.45) is 17.6 Å². The Bertz CT molecular complexity index is 433. The van der Waals surface area contributed by atoms with Gasteiger partial charge >= 0.3 is 0 Å². The maximum atomic E-state index is 13.8. The zero-order chi connectivity index (χ0) is 14.0. The second-order valence-electron chi connectivity index (χ2n) is 5.98. The molecule has 2 nitrogen and oxygen atoms in total. The molecule has 0 spiro atoms. The third-order valence-corrected chi connectivity index (χ3v) is 4.32. The van der Waals surface area contributed by atoms with Crippen LogP contribution in [0, 0.1) is 17.7 Å². The van der Waals surface area contributed by atoms with E-state index in [1.807, 2.05) is 6.07 Å². The van der Waals surface area contributed by atoms with Crippen LogP contribution in [0.2, 0.25) is 0 Å². The topological polar surface area (TPSA) is 35.2 Å². The average Bonchev–Trinajstić information content (AvgIpc) is 2.33. The molecule has 0 bridgehead atoms. The molecule has 1 aromatic carbocycles. The summed E-state index contributed by atoms with van der Waals surface area (Å²) in [4.78, 5) is 0. The summed E-state index contributed by atoms with van der Waals surface area (Å²) in [6, 6.07) is 4.72. The second kappa shape index (κ2) is 5.91. The summed E-state index contributed by atoms with van der Waals surface area (Å²) in [5.74, 6) is 1.78. The smallest absolute Gasteiger partial charge is 0.131 e. The minimum absolute atomic E-state index is 0.215. The van der Waals surface area contributed by atoms with Crippen LogP contribution in [-0.4, -0.2) is 6.10 Å². The van der Waals surface area contributed by atoms with Gasteiger partial charge < -0.3 is 10.5 Å². The van der Waals surface area contributed by atoms with Crippen LogP contribution in [0.1, 0.15) is 51.6 Å². The molecule has 0 heterocycles. The molecule has 1 fully saturated rings. The first-order chi connectivity index (χ1) is 8.97. The highest BCUT2D eigenvalue weighted by Crippen LogP contribution is 2.32. The number of benzene rings is 1. The van der Waals surface area contributed by atoms with E-state index in [4.69, 9.17) is 10.5 Å². The van der Waals surface area contributed by atoms with Gasteiger partial charge in [-0.15, -0.1) is 0 Å². The molecule has 19 heavy (non-hydrogen) atoms. The Balaban J connectivity index is 2.02. The van der Waals surface area contributed by atoms with Crippen LogP contribution in [0.5, 0.6) is 5.75 Å². The summed E-state index contributed by atoms with van der Waals surface area (Å²) < 4.78 is 19.7. The van der Waals surface area contributed by atoms with E-state index in [0.717, 1.165) is 18.8 Å². The van der Waals surface area contributed by atoms with Gasteiger partial charge in [0.2, 0.25) is 0 Å². The standard InChI is InChI=1S/C16H24FNO/c1-10-4-5-13(8-11(10)2)19-14-6-7-15(12(3)18)16(17)9-14/h6-7,9-13H,4-5,8,18H2,1-3H3/t10?,11?,12-,13?/m1/s1. The van der Waals surface area contributed by atoms with Crippen LogP contribution >= 0.6 is 0 Å². The van der Waals surface area contributed by atoms with Crippen molar-refractivity contribution in [2.75, 3.05) is 0 Å². The van der Waals surface area contributed by atoms with Gasteiger partial charge in [0.25, 0.3) is 0 Å². The van der Waals surface area contributed by atoms with Crippen molar-refractivity contribution in [3.05, 3.63) is 29.6 Å². The molecule has 3 heteroatoms. The predicted molar refractivity (Wildman–Crippen MR) is 75.6 cm³/mol. The van der Waals surface area contributed by atoms with Crippen molar-refractivity contribution in [1.29, 1.82) is 0 Å². The zero-order valence-corrected chi connectivity index (χ0v) is 12.0. The van der Waals surface area contributed by atoms with Crippen LogP contribution < -0.4 is 10.5 Å². The van der Waals surface area contributed by atoms with E-state index < -0.39 is 0 Å². The molecule has 1 aliphatic rings. The Morgan fingerprint density at radius 2 is 2.00 bits per heavy atom. The largest absolute Gasteiger partial charge is 0.490 e. The molecular weight excluding hydrogens is 241 g/mol. The number of nitrogens with two attached hydrogens (primary N) is 1. The molecule has 3 unspecified atom stereocenters. The van der Waals surface area contributed by atoms with Crippen LogP contribution in [0.15, 0.2) is 18.2 Å². The molecule has 2 N–H and O–H groups in total. The third-order valence-electron chi connectivity index (χ3n) is 4.32. The van der Waals surface area contributed by atoms with Crippen LogP contribution in [0.4, 0.5) is 4.39 Å². The lowest BCUT2D eigenvalue weighted by molar-refractivity contribution is 0.100. The van der Waals surface area contributed by atoms with Crippen molar-refractivity contribution in [2.45, 2.75) is 52.2 Å². The fraction of sp³-hybridized carbons (Fsp3) is 0.625. The first-order valence-corrected chi connectivity index (χ1v) is 7.19. The SMILES string of the molecule is CC1CCC(Oc2ccc([C@@H](C)N)c(F)c2)CC1C. The van der Waals surface area contributed by atoms with Gasteiger partial charge in [-0.1, -0.05) is 19.9 Å². The molecule has 0 saturated heterocycles. The van der Waals surface area contributed by atoms with Crippen LogP contribution in [0.25, 0.3) is 0 Å². The summed E-state index contributed by atoms with van der Waals surface area (Å²) in [6.07, 6.45) is 3.51. The highest BCUT2D eigenvalue weighted by atomic mass is 19.1. The normalized spacial score (nSPS) is 29.0. The maximum absolute atomic E-state index is 13.8. The van der Waals surface area contributed by atoms with E-state index >= 15 is 0 Å². The van der Waals surface area contributed by atoms with Crippen molar-refractivity contribution in [3.8, 4) is 5.75 Å². The van der Waals surface area contributed by atoms with E-state index in [2.05, 4.69) is 13.8 Å². The molecule has 0 aliphatic heterocycles. The Labute approximate surface area is 115 Å². The highest BCUT2D eigenvalue weighted by Gasteiger charge is 2.25. The highest BCUT2D eigenvalue weighted by molar-refractivity contribution is 5.30. The minimum Gasteiger partial charge on any atom is -0.490 e. The summed E-state index contributed by atoms with van der Waals surface area (Å²) in [7, 11) is 0. The van der Waals surface area contributed by atoms with Gasteiger partial charge in [-0.2, -0.15) is 0 Å². The lowest BCUT2D eigenvalue weighted by atomic mass is 9.80. The zero-order valence-electron chi connectivity index (χ0n) is 12.0. The summed E-state index contributed by atoms with van der Waals surface area (Å²) in [6.45, 7) is 6.33. The van der Waals surface area contributed by atoms with Crippen LogP contribution in [0.3, 0.4) is 0 Å². The second-order valence-corrected chi connectivity index (χ2v) is 5.98. The van der Waals surface area contributed by atoms with E-state index in [0.29, 0.717) is 17.2 Å². The third kappa shape index (κ3) is 3.47. The van der Waals surface area contributed by atoms with Crippen LogP contribution in [-0.2, 0) is 0 Å². The molecule has 2 rings (SSSR count). The molecule has 1 saturated carbocycles. The molecule has 0 aromatic heterocycles. The van der Waals surface area contributed by atoms with Gasteiger partial charge in [0.15, 0.2) is 0 Å². The Kier molecular flexibility index (Phi) is 4.46. The fourth-order valence-electron chi connectivity index (χ4n) is 2.75. The van der Waals surface area contributed by atoms with Gasteiger partial charge in [0.05, 0.1) is 6.10 Å². The first-order valence-electron chi connectivity index (χ1n) is 7.19. The Morgan fingerprint density at radius 1 is 1.26 bits per heavy atom. The summed E-state index contributed by atoms with van der Waals surface area (Å²) in [5, 5.41) is 0. The summed E-state index contributed by atoms with van der Waals surface area (Å²) >= 11 is 0. The number of halogens is 1. The van der Waals surface area contributed by atoms with Gasteiger partial charge in [-0.05, 0) is 44.1 Å². The van der Waals surface area contributed by atoms with Gasteiger partial charge in [-0.3, -0.25) is 0 Å². The van der Waals surface area contributed by atoms with Crippen molar-refractivity contribution in [3.63, 3.8) is 0 Å². The van der Waals surface area contributed by atoms with Gasteiger partial charge in [-0.25, -0.2) is 4.39 Å². The number of hydrogen-bond donors (Lipinski definition) is 1. The minimum atomic E-state index is -0.287. The van der Waals surface area contributed by atoms with E-state index in [1.165, 1.54) is 12.5 Å². The molecule has 1 aliphatic carbocycles. The first kappa shape index (κ1) is 14.3. The molecule has 106 valence electrons. The number of rotatable bonds is 3. The number of hydrogen-bond acceptors (Lipinski definition) is 2. The van der Waals surface area contributed by atoms with E-state index in [9.17, 15) is 4.39 Å². The number of ether oxygens (including phenoxy) is 1. The molecule has 0 amide bonds. The van der Waals surface area contributed by atoms with Gasteiger partial charge in [0.1, 0.15) is 11.6 Å². The summed E-state index contributed by atoms with van der Waals surface area (Å²) in [5.41, 5.74) is 6.24. The van der Waals surface area contributed by atoms with Gasteiger partial charge in [0, 0.05) is 17.7 Å². The lowest BCUT2D eigenvalue weighted by Gasteiger charge is -2.32. The van der Waals surface area contributed by atoms with E-state index in [-0.39, 0.29) is 18.0 Å². The van der Waals surface area contributed by atoms with E-state index in [1.54, 1.807) is 13.0 Å². The molecule has 1 aromatic rings. The Hall–Kier alpha value is -1.09. The predicted octanol–water partition coefficient (Wildman–Crippen LogP) is 4.05. The molecular formula is C16H24FNO. The molecule has 0 radical (unpaired) electrons. The maximum Gasteiger partial charge on any atom is 0.131 e. The average molecular weight is 265 g/mol. The lowest BCUT2D eigenvalue weighted by Crippen LogP contribution is -2.28. The Morgan fingerprint density at radius 3 is 2.58 bits per heavy atom. The molecule has 4 atom stereocenters. The van der Waals surface area contributed by atoms with Crippen molar-refractivity contribution < 1.29 is 9.13 Å². The fourth-order valence-corrected chi connectivity index (χ4v) is 2.75. The monoisotopic (exact) mass is 265 g/mol. The van der Waals surface area contributed by atoms with Crippen molar-refractivity contribution in [1.82, 2.24) is 0 Å².